The second-order valence-corrected chi connectivity index (χ2v) is 11.1. The smallest absolute Gasteiger partial charge is 0.410 e. The van der Waals surface area contributed by atoms with E-state index < -0.39 is 5.60 Å². The van der Waals surface area contributed by atoms with Gasteiger partial charge in [0.1, 0.15) is 11.3 Å². The third-order valence-corrected chi connectivity index (χ3v) is 7.45. The van der Waals surface area contributed by atoms with Gasteiger partial charge in [-0.2, -0.15) is 0 Å². The number of piperidine rings is 1. The van der Waals surface area contributed by atoms with Crippen molar-refractivity contribution in [2.75, 3.05) is 44.2 Å². The van der Waals surface area contributed by atoms with Crippen LogP contribution in [-0.4, -0.2) is 77.4 Å². The Balaban J connectivity index is 1.28. The first-order chi connectivity index (χ1) is 16.6. The monoisotopic (exact) mass is 498 g/mol. The lowest BCUT2D eigenvalue weighted by molar-refractivity contribution is 0.0204. The molecule has 2 aliphatic heterocycles. The quantitative estimate of drug-likeness (QED) is 0.580. The maximum atomic E-state index is 13.1. The maximum Gasteiger partial charge on any atom is 0.410 e. The highest BCUT2D eigenvalue weighted by atomic mass is 32.1. The van der Waals surface area contributed by atoms with Gasteiger partial charge in [0.15, 0.2) is 5.78 Å². The minimum Gasteiger partial charge on any atom is -0.444 e. The van der Waals surface area contributed by atoms with Gasteiger partial charge in [-0.15, -0.1) is 11.3 Å². The van der Waals surface area contributed by atoms with Gasteiger partial charge in [0.05, 0.1) is 5.01 Å². The zero-order chi connectivity index (χ0) is 25.2. The molecule has 1 aromatic heterocycles. The number of likely N-dealkylation sites (tertiary alicyclic amines) is 1. The predicted molar refractivity (Wildman–Crippen MR) is 136 cm³/mol. The fraction of sp³-hybridized carbons (Fsp3) is 0.538. The van der Waals surface area contributed by atoms with Crippen LogP contribution in [0.15, 0.2) is 29.6 Å². The third-order valence-electron chi connectivity index (χ3n) is 6.44. The molecule has 35 heavy (non-hydrogen) atoms. The Hall–Kier alpha value is -2.94. The number of ether oxygens (including phenoxy) is 1. The summed E-state index contributed by atoms with van der Waals surface area (Å²) in [6.07, 6.45) is 1.38. The Morgan fingerprint density at radius 2 is 1.57 bits per heavy atom. The standard InChI is InChI=1S/C26H34N4O4S/c1-18(31)19-5-7-21(8-6-19)28-13-15-29(16-14-28)24(32)22-17-35-23(27-22)20-9-11-30(12-10-20)25(33)34-26(2,3)4/h5-8,17,20H,9-16H2,1-4H3. The van der Waals surface area contributed by atoms with Crippen molar-refractivity contribution in [3.63, 3.8) is 0 Å². The highest BCUT2D eigenvalue weighted by molar-refractivity contribution is 7.09. The number of thiazole rings is 1. The van der Waals surface area contributed by atoms with E-state index >= 15 is 0 Å². The molecule has 3 heterocycles. The van der Waals surface area contributed by atoms with Gasteiger partial charge in [0.2, 0.25) is 0 Å². The number of hydrogen-bond donors (Lipinski definition) is 0. The van der Waals surface area contributed by atoms with Crippen LogP contribution in [0.25, 0.3) is 0 Å². The van der Waals surface area contributed by atoms with E-state index in [1.807, 2.05) is 55.3 Å². The molecule has 1 aromatic carbocycles. The van der Waals surface area contributed by atoms with Crippen molar-refractivity contribution in [2.45, 2.75) is 52.1 Å². The van der Waals surface area contributed by atoms with Crippen molar-refractivity contribution in [2.24, 2.45) is 0 Å². The molecule has 2 aromatic rings. The van der Waals surface area contributed by atoms with Gasteiger partial charge < -0.3 is 19.4 Å². The second-order valence-electron chi connectivity index (χ2n) is 10.2. The van der Waals surface area contributed by atoms with Crippen molar-refractivity contribution in [3.8, 4) is 0 Å². The number of carbonyl (C=O) groups is 3. The molecule has 0 bridgehead atoms. The molecule has 0 spiro atoms. The van der Waals surface area contributed by atoms with E-state index in [2.05, 4.69) is 9.88 Å². The van der Waals surface area contributed by atoms with Crippen molar-refractivity contribution < 1.29 is 19.1 Å². The number of benzene rings is 1. The Morgan fingerprint density at radius 1 is 0.943 bits per heavy atom. The van der Waals surface area contributed by atoms with Gasteiger partial charge in [-0.25, -0.2) is 9.78 Å². The molecule has 0 aliphatic carbocycles. The molecule has 188 valence electrons. The van der Waals surface area contributed by atoms with E-state index in [1.54, 1.807) is 11.8 Å². The molecule has 9 heteroatoms. The van der Waals surface area contributed by atoms with Crippen molar-refractivity contribution in [3.05, 3.63) is 45.9 Å². The van der Waals surface area contributed by atoms with E-state index in [0.29, 0.717) is 37.4 Å². The van der Waals surface area contributed by atoms with Crippen LogP contribution in [0, 0.1) is 0 Å². The zero-order valence-electron chi connectivity index (χ0n) is 21.0. The molecule has 8 nitrogen and oxygen atoms in total. The first-order valence-corrected chi connectivity index (χ1v) is 13.1. The highest BCUT2D eigenvalue weighted by Gasteiger charge is 2.30. The summed E-state index contributed by atoms with van der Waals surface area (Å²) in [4.78, 5) is 47.4. The van der Waals surface area contributed by atoms with E-state index in [0.717, 1.165) is 36.6 Å². The molecular formula is C26H34N4O4S. The Labute approximate surface area is 210 Å². The lowest BCUT2D eigenvalue weighted by atomic mass is 9.98. The predicted octanol–water partition coefficient (Wildman–Crippen LogP) is 4.42. The lowest BCUT2D eigenvalue weighted by Gasteiger charge is -2.36. The summed E-state index contributed by atoms with van der Waals surface area (Å²) in [6, 6.07) is 7.64. The minimum atomic E-state index is -0.496. The molecule has 0 saturated carbocycles. The number of piperazine rings is 1. The number of carbonyl (C=O) groups excluding carboxylic acids is 3. The summed E-state index contributed by atoms with van der Waals surface area (Å²) in [5, 5.41) is 2.84. The fourth-order valence-electron chi connectivity index (χ4n) is 4.45. The topological polar surface area (TPSA) is 83.1 Å². The van der Waals surface area contributed by atoms with Crippen LogP contribution in [0.5, 0.6) is 0 Å². The minimum absolute atomic E-state index is 0.0229. The third kappa shape index (κ3) is 6.20. The van der Waals surface area contributed by atoms with Crippen molar-refractivity contribution in [1.82, 2.24) is 14.8 Å². The van der Waals surface area contributed by atoms with Crippen molar-refractivity contribution in [1.29, 1.82) is 0 Å². The number of nitrogens with zero attached hydrogens (tertiary/aromatic N) is 4. The maximum absolute atomic E-state index is 13.1. The van der Waals surface area contributed by atoms with Crippen LogP contribution < -0.4 is 4.90 Å². The highest BCUT2D eigenvalue weighted by Crippen LogP contribution is 2.31. The average Bonchev–Trinajstić information content (AvgIpc) is 3.33. The number of ketones is 1. The van der Waals surface area contributed by atoms with Crippen LogP contribution in [0.2, 0.25) is 0 Å². The SMILES string of the molecule is CC(=O)c1ccc(N2CCN(C(=O)c3csc(C4CCN(C(=O)OC(C)(C)C)CC4)n3)CC2)cc1. The number of anilines is 1. The molecule has 2 saturated heterocycles. The summed E-state index contributed by atoms with van der Waals surface area (Å²) in [7, 11) is 0. The van der Waals surface area contributed by atoms with Gasteiger partial charge in [-0.1, -0.05) is 0 Å². The van der Waals surface area contributed by atoms with Crippen LogP contribution in [-0.2, 0) is 4.74 Å². The summed E-state index contributed by atoms with van der Waals surface area (Å²) in [6.45, 7) is 11.2. The largest absolute Gasteiger partial charge is 0.444 e. The molecule has 0 unspecified atom stereocenters. The van der Waals surface area contributed by atoms with Crippen LogP contribution in [0.3, 0.4) is 0 Å². The van der Waals surface area contributed by atoms with Gasteiger partial charge >= 0.3 is 6.09 Å². The van der Waals surface area contributed by atoms with E-state index in [-0.39, 0.29) is 23.7 Å². The number of hydrogen-bond acceptors (Lipinski definition) is 7. The molecular weight excluding hydrogens is 464 g/mol. The molecule has 0 atom stereocenters. The average molecular weight is 499 g/mol. The van der Waals surface area contributed by atoms with Gasteiger partial charge in [-0.3, -0.25) is 9.59 Å². The fourth-order valence-corrected chi connectivity index (χ4v) is 5.41. The Bertz CT molecular complexity index is 1060. The first-order valence-electron chi connectivity index (χ1n) is 12.2. The number of Topliss-reactive ketones (excluding diaryl/α,β-unsaturated/α-hetero) is 1. The normalized spacial score (nSPS) is 17.4. The number of rotatable bonds is 4. The summed E-state index contributed by atoms with van der Waals surface area (Å²) in [5.41, 5.74) is 1.79. The Morgan fingerprint density at radius 3 is 2.14 bits per heavy atom. The summed E-state index contributed by atoms with van der Waals surface area (Å²) >= 11 is 1.54. The van der Waals surface area contributed by atoms with Gasteiger partial charge in [0, 0.05) is 61.8 Å². The molecule has 0 radical (unpaired) electrons. The van der Waals surface area contributed by atoms with Crippen molar-refractivity contribution >= 4 is 34.8 Å². The molecule has 4 rings (SSSR count). The van der Waals surface area contributed by atoms with Crippen LogP contribution >= 0.6 is 11.3 Å². The van der Waals surface area contributed by atoms with E-state index in [9.17, 15) is 14.4 Å². The van der Waals surface area contributed by atoms with E-state index in [4.69, 9.17) is 4.74 Å². The Kier molecular flexibility index (Phi) is 7.44. The number of aromatic nitrogens is 1. The molecule has 2 amide bonds. The summed E-state index contributed by atoms with van der Waals surface area (Å²) in [5.74, 6) is 0.295. The first kappa shape index (κ1) is 25.2. The zero-order valence-corrected chi connectivity index (χ0v) is 21.8. The van der Waals surface area contributed by atoms with Gasteiger partial charge in [0.25, 0.3) is 5.91 Å². The number of amides is 2. The molecule has 2 aliphatic rings. The van der Waals surface area contributed by atoms with Gasteiger partial charge in [-0.05, 0) is 64.8 Å². The lowest BCUT2D eigenvalue weighted by Crippen LogP contribution is -2.48. The molecule has 0 N–H and O–H groups in total. The second kappa shape index (κ2) is 10.4. The molecule has 2 fully saturated rings. The van der Waals surface area contributed by atoms with Crippen LogP contribution in [0.4, 0.5) is 10.5 Å². The summed E-state index contributed by atoms with van der Waals surface area (Å²) < 4.78 is 5.48. The van der Waals surface area contributed by atoms with Crippen LogP contribution in [0.1, 0.15) is 72.3 Å². The van der Waals surface area contributed by atoms with E-state index in [1.165, 1.54) is 11.3 Å².